The lowest BCUT2D eigenvalue weighted by molar-refractivity contribution is 0.383. The molecule has 0 aliphatic carbocycles. The molecule has 9 heteroatoms. The quantitative estimate of drug-likeness (QED) is 0.610. The number of nitrogens with zero attached hydrogens (tertiary/aromatic N) is 4. The van der Waals surface area contributed by atoms with Gasteiger partial charge in [-0.3, -0.25) is 0 Å². The molecular formula is C21H20ClFN4O2S. The predicted molar refractivity (Wildman–Crippen MR) is 115 cm³/mol. The first-order valence-corrected chi connectivity index (χ1v) is 11.3. The van der Waals surface area contributed by atoms with Crippen LogP contribution in [0.5, 0.6) is 0 Å². The third-order valence-corrected chi connectivity index (χ3v) is 7.24. The summed E-state index contributed by atoms with van der Waals surface area (Å²) in [7, 11) is -3.74. The van der Waals surface area contributed by atoms with E-state index in [1.165, 1.54) is 16.7 Å². The highest BCUT2D eigenvalue weighted by Gasteiger charge is 2.29. The fourth-order valence-electron chi connectivity index (χ4n) is 3.43. The molecule has 0 unspecified atom stereocenters. The average molecular weight is 447 g/mol. The van der Waals surface area contributed by atoms with Gasteiger partial charge in [-0.05, 0) is 31.2 Å². The van der Waals surface area contributed by atoms with Gasteiger partial charge in [-0.2, -0.15) is 4.31 Å². The zero-order chi connectivity index (χ0) is 21.3. The third-order valence-electron chi connectivity index (χ3n) is 5.06. The van der Waals surface area contributed by atoms with Gasteiger partial charge in [-0.25, -0.2) is 22.8 Å². The van der Waals surface area contributed by atoms with Gasteiger partial charge in [0, 0.05) is 37.8 Å². The van der Waals surface area contributed by atoms with Crippen molar-refractivity contribution in [1.82, 2.24) is 14.3 Å². The molecule has 0 bridgehead atoms. The van der Waals surface area contributed by atoms with Gasteiger partial charge in [-0.15, -0.1) is 0 Å². The maximum Gasteiger partial charge on any atom is 0.243 e. The molecule has 2 heterocycles. The molecule has 0 spiro atoms. The van der Waals surface area contributed by atoms with E-state index in [0.717, 1.165) is 34.8 Å². The summed E-state index contributed by atoms with van der Waals surface area (Å²) in [6.07, 6.45) is 1.52. The molecule has 0 atom stereocenters. The molecule has 0 saturated carbocycles. The van der Waals surface area contributed by atoms with E-state index in [9.17, 15) is 12.8 Å². The maximum atomic E-state index is 13.4. The number of aromatic nitrogens is 2. The second kappa shape index (κ2) is 8.29. The molecule has 1 aliphatic heterocycles. The van der Waals surface area contributed by atoms with Gasteiger partial charge in [0.25, 0.3) is 0 Å². The van der Waals surface area contributed by atoms with Gasteiger partial charge in [0.2, 0.25) is 10.0 Å². The van der Waals surface area contributed by atoms with E-state index in [0.29, 0.717) is 26.2 Å². The van der Waals surface area contributed by atoms with Crippen molar-refractivity contribution in [2.75, 3.05) is 31.1 Å². The number of piperazine rings is 1. The van der Waals surface area contributed by atoms with E-state index in [1.807, 2.05) is 36.1 Å². The molecule has 3 aromatic rings. The van der Waals surface area contributed by atoms with Gasteiger partial charge in [0.05, 0.1) is 15.6 Å². The van der Waals surface area contributed by atoms with Crippen molar-refractivity contribution in [2.24, 2.45) is 0 Å². The van der Waals surface area contributed by atoms with Crippen molar-refractivity contribution in [1.29, 1.82) is 0 Å². The van der Waals surface area contributed by atoms with E-state index in [2.05, 4.69) is 16.0 Å². The Morgan fingerprint density at radius 3 is 2.47 bits per heavy atom. The van der Waals surface area contributed by atoms with Crippen LogP contribution >= 0.6 is 11.6 Å². The number of rotatable bonds is 4. The van der Waals surface area contributed by atoms with Crippen LogP contribution in [-0.2, 0) is 10.0 Å². The van der Waals surface area contributed by atoms with Gasteiger partial charge >= 0.3 is 0 Å². The maximum absolute atomic E-state index is 13.4. The van der Waals surface area contributed by atoms with Crippen LogP contribution in [0.15, 0.2) is 59.8 Å². The molecule has 1 aromatic heterocycles. The molecule has 1 fully saturated rings. The zero-order valence-electron chi connectivity index (χ0n) is 16.3. The molecule has 6 nitrogen and oxygen atoms in total. The molecule has 0 amide bonds. The Morgan fingerprint density at radius 1 is 1.00 bits per heavy atom. The topological polar surface area (TPSA) is 66.4 Å². The average Bonchev–Trinajstić information content (AvgIpc) is 2.76. The smallest absolute Gasteiger partial charge is 0.243 e. The van der Waals surface area contributed by atoms with E-state index in [4.69, 9.17) is 11.6 Å². The van der Waals surface area contributed by atoms with Crippen molar-refractivity contribution in [3.05, 3.63) is 71.3 Å². The van der Waals surface area contributed by atoms with E-state index in [1.54, 1.807) is 0 Å². The van der Waals surface area contributed by atoms with Crippen LogP contribution in [0.1, 0.15) is 5.56 Å². The van der Waals surface area contributed by atoms with Crippen molar-refractivity contribution in [2.45, 2.75) is 11.8 Å². The molecule has 4 rings (SSSR count). The largest absolute Gasteiger partial charge is 0.354 e. The first kappa shape index (κ1) is 20.7. The van der Waals surface area contributed by atoms with E-state index < -0.39 is 15.8 Å². The lowest BCUT2D eigenvalue weighted by Gasteiger charge is -2.34. The predicted octanol–water partition coefficient (Wildman–Crippen LogP) is 3.76. The second-order valence-electron chi connectivity index (χ2n) is 7.10. The molecule has 0 radical (unpaired) electrons. The Bertz CT molecular complexity index is 1180. The Kier molecular flexibility index (Phi) is 5.73. The van der Waals surface area contributed by atoms with Crippen LogP contribution < -0.4 is 4.90 Å². The summed E-state index contributed by atoms with van der Waals surface area (Å²) in [5, 5.41) is -0.209. The Morgan fingerprint density at radius 2 is 1.77 bits per heavy atom. The molecular weight excluding hydrogens is 427 g/mol. The minimum absolute atomic E-state index is 0.00822. The monoisotopic (exact) mass is 446 g/mol. The van der Waals surface area contributed by atoms with Crippen LogP contribution in [0.3, 0.4) is 0 Å². The van der Waals surface area contributed by atoms with Gasteiger partial charge in [0.15, 0.2) is 0 Å². The normalized spacial score (nSPS) is 15.4. The van der Waals surface area contributed by atoms with Crippen LogP contribution in [0.2, 0.25) is 5.02 Å². The summed E-state index contributed by atoms with van der Waals surface area (Å²) in [4.78, 5) is 10.8. The van der Waals surface area contributed by atoms with Crippen molar-refractivity contribution in [3.63, 3.8) is 0 Å². The van der Waals surface area contributed by atoms with Crippen LogP contribution in [0.4, 0.5) is 10.2 Å². The van der Waals surface area contributed by atoms with Crippen LogP contribution in [-0.4, -0.2) is 48.9 Å². The number of aryl methyl sites for hydroxylation is 1. The molecule has 0 N–H and O–H groups in total. The molecule has 156 valence electrons. The number of halogens is 2. The fraction of sp³-hybridized carbons (Fsp3) is 0.238. The number of hydrogen-bond donors (Lipinski definition) is 0. The third kappa shape index (κ3) is 4.16. The Balaban J connectivity index is 1.49. The van der Waals surface area contributed by atoms with Crippen molar-refractivity contribution >= 4 is 27.4 Å². The molecule has 1 aliphatic rings. The van der Waals surface area contributed by atoms with E-state index >= 15 is 0 Å². The van der Waals surface area contributed by atoms with Gasteiger partial charge < -0.3 is 4.90 Å². The lowest BCUT2D eigenvalue weighted by atomic mass is 10.1. The molecule has 1 saturated heterocycles. The second-order valence-corrected chi connectivity index (χ2v) is 9.44. The highest BCUT2D eigenvalue weighted by atomic mass is 35.5. The lowest BCUT2D eigenvalue weighted by Crippen LogP contribution is -2.48. The summed E-state index contributed by atoms with van der Waals surface area (Å²) in [6, 6.07) is 13.4. The first-order valence-electron chi connectivity index (χ1n) is 9.44. The number of sulfonamides is 1. The fourth-order valence-corrected chi connectivity index (χ4v) is 5.12. The minimum atomic E-state index is -3.74. The molecule has 30 heavy (non-hydrogen) atoms. The van der Waals surface area contributed by atoms with Gasteiger partial charge in [-0.1, -0.05) is 35.4 Å². The minimum Gasteiger partial charge on any atom is -0.354 e. The van der Waals surface area contributed by atoms with E-state index in [-0.39, 0.29) is 9.92 Å². The Hall–Kier alpha value is -2.55. The van der Waals surface area contributed by atoms with Crippen LogP contribution in [0.25, 0.3) is 11.3 Å². The molecule has 2 aromatic carbocycles. The zero-order valence-corrected chi connectivity index (χ0v) is 17.9. The number of benzene rings is 2. The summed E-state index contributed by atoms with van der Waals surface area (Å²) in [6.45, 7) is 3.58. The summed E-state index contributed by atoms with van der Waals surface area (Å²) >= 11 is 5.76. The van der Waals surface area contributed by atoms with Crippen LogP contribution in [0, 0.1) is 12.7 Å². The first-order chi connectivity index (χ1) is 14.3. The Labute approximate surface area is 180 Å². The highest BCUT2D eigenvalue weighted by Crippen LogP contribution is 2.25. The standard InChI is InChI=1S/C21H20ClFN4O2S/c1-15-3-2-4-16(11-15)20-13-21(25-14-24-20)26-7-9-27(10-8-26)30(28,29)17-5-6-19(23)18(22)12-17/h2-6,11-14H,7-10H2,1H3. The summed E-state index contributed by atoms with van der Waals surface area (Å²) in [5.74, 6) is 0.108. The number of anilines is 1. The summed E-state index contributed by atoms with van der Waals surface area (Å²) < 4.78 is 40.5. The van der Waals surface area contributed by atoms with Crippen molar-refractivity contribution < 1.29 is 12.8 Å². The van der Waals surface area contributed by atoms with Crippen molar-refractivity contribution in [3.8, 4) is 11.3 Å². The SMILES string of the molecule is Cc1cccc(-c2cc(N3CCN(S(=O)(=O)c4ccc(F)c(Cl)c4)CC3)ncn2)c1. The van der Waals surface area contributed by atoms with Gasteiger partial charge in [0.1, 0.15) is 18.0 Å². The number of hydrogen-bond acceptors (Lipinski definition) is 5. The summed E-state index contributed by atoms with van der Waals surface area (Å²) in [5.41, 5.74) is 2.97. The highest BCUT2D eigenvalue weighted by molar-refractivity contribution is 7.89.